The normalized spacial score (nSPS) is 19.4. The van der Waals surface area contributed by atoms with E-state index in [1.165, 1.54) is 11.3 Å². The summed E-state index contributed by atoms with van der Waals surface area (Å²) < 4.78 is 2.01. The van der Waals surface area contributed by atoms with E-state index in [0.717, 1.165) is 34.7 Å². The first-order valence-corrected chi connectivity index (χ1v) is 8.24. The first-order chi connectivity index (χ1) is 9.78. The predicted molar refractivity (Wildman–Crippen MR) is 79.6 cm³/mol. The van der Waals surface area contributed by atoms with Gasteiger partial charge in [-0.25, -0.2) is 4.98 Å². The third kappa shape index (κ3) is 1.70. The van der Waals surface area contributed by atoms with Crippen LogP contribution in [0.4, 0.5) is 0 Å². The van der Waals surface area contributed by atoms with E-state index in [9.17, 15) is 9.90 Å². The minimum absolute atomic E-state index is 0.0218. The molecule has 0 spiro atoms. The zero-order valence-corrected chi connectivity index (χ0v) is 12.3. The van der Waals surface area contributed by atoms with Gasteiger partial charge in [0.05, 0.1) is 23.0 Å². The lowest BCUT2D eigenvalue weighted by Crippen LogP contribution is -2.37. The van der Waals surface area contributed by atoms with Crippen LogP contribution in [0.2, 0.25) is 0 Å². The van der Waals surface area contributed by atoms with Crippen molar-refractivity contribution in [2.75, 3.05) is 13.2 Å². The van der Waals surface area contributed by atoms with Crippen molar-refractivity contribution < 1.29 is 9.90 Å². The summed E-state index contributed by atoms with van der Waals surface area (Å²) in [6.07, 6.45) is 3.83. The summed E-state index contributed by atoms with van der Waals surface area (Å²) in [6, 6.07) is 1.89. The molecule has 1 fully saturated rings. The first kappa shape index (κ1) is 12.3. The molecule has 0 radical (unpaired) electrons. The molecule has 4 rings (SSSR count). The number of likely N-dealkylation sites (tertiary alicyclic amines) is 1. The van der Waals surface area contributed by atoms with Gasteiger partial charge in [0.2, 0.25) is 0 Å². The molecule has 0 unspecified atom stereocenters. The molecule has 1 atom stereocenters. The number of nitrogens with zero attached hydrogens (tertiary/aromatic N) is 3. The van der Waals surface area contributed by atoms with Crippen molar-refractivity contribution in [1.29, 1.82) is 0 Å². The van der Waals surface area contributed by atoms with Crippen molar-refractivity contribution in [3.63, 3.8) is 0 Å². The summed E-state index contributed by atoms with van der Waals surface area (Å²) in [7, 11) is 0. The van der Waals surface area contributed by atoms with E-state index in [1.807, 2.05) is 22.0 Å². The highest BCUT2D eigenvalue weighted by molar-refractivity contribution is 7.21. The van der Waals surface area contributed by atoms with E-state index in [1.54, 1.807) is 16.2 Å². The fourth-order valence-corrected chi connectivity index (χ4v) is 4.54. The van der Waals surface area contributed by atoms with E-state index in [0.29, 0.717) is 4.88 Å². The van der Waals surface area contributed by atoms with Crippen molar-refractivity contribution in [2.24, 2.45) is 0 Å². The fourth-order valence-electron chi connectivity index (χ4n) is 2.79. The van der Waals surface area contributed by atoms with Crippen LogP contribution < -0.4 is 0 Å². The Morgan fingerprint density at radius 1 is 1.55 bits per heavy atom. The van der Waals surface area contributed by atoms with Crippen LogP contribution in [-0.2, 0) is 0 Å². The van der Waals surface area contributed by atoms with Gasteiger partial charge in [0.15, 0.2) is 4.96 Å². The smallest absolute Gasteiger partial charge is 0.264 e. The lowest BCUT2D eigenvalue weighted by atomic mass is 10.2. The lowest BCUT2D eigenvalue weighted by molar-refractivity contribution is 0.0682. The number of thiophene rings is 1. The Morgan fingerprint density at radius 2 is 2.45 bits per heavy atom. The van der Waals surface area contributed by atoms with E-state index < -0.39 is 0 Å². The van der Waals surface area contributed by atoms with Gasteiger partial charge < -0.3 is 10.0 Å². The van der Waals surface area contributed by atoms with E-state index in [-0.39, 0.29) is 18.6 Å². The molecule has 5 nitrogen and oxygen atoms in total. The predicted octanol–water partition coefficient (Wildman–Crippen LogP) is 2.21. The molecule has 1 aliphatic heterocycles. The number of imidazole rings is 1. The molecule has 0 aliphatic carbocycles. The minimum atomic E-state index is -0.0271. The summed E-state index contributed by atoms with van der Waals surface area (Å²) in [6.45, 7) is 0.783. The maximum atomic E-state index is 12.5. The van der Waals surface area contributed by atoms with Gasteiger partial charge in [-0.3, -0.25) is 9.20 Å². The molecule has 3 aromatic heterocycles. The van der Waals surface area contributed by atoms with Crippen LogP contribution in [0.15, 0.2) is 17.6 Å². The average molecular weight is 307 g/mol. The summed E-state index contributed by atoms with van der Waals surface area (Å²) in [5, 5.41) is 11.3. The van der Waals surface area contributed by atoms with Crippen molar-refractivity contribution in [3.8, 4) is 0 Å². The largest absolute Gasteiger partial charge is 0.394 e. The highest BCUT2D eigenvalue weighted by Crippen LogP contribution is 2.30. The average Bonchev–Trinajstić information content (AvgIpc) is 3.17. The number of carbonyl (C=O) groups excluding carboxylic acids is 1. The Bertz CT molecular complexity index is 788. The molecule has 7 heteroatoms. The number of amides is 1. The molecular formula is C13H13N3O2S2. The van der Waals surface area contributed by atoms with Gasteiger partial charge in [-0.15, -0.1) is 22.7 Å². The Balaban J connectivity index is 1.73. The molecule has 1 amide bonds. The van der Waals surface area contributed by atoms with Gasteiger partial charge in [-0.2, -0.15) is 0 Å². The zero-order chi connectivity index (χ0) is 13.7. The number of aliphatic hydroxyl groups is 1. The van der Waals surface area contributed by atoms with Gasteiger partial charge in [-0.1, -0.05) is 0 Å². The van der Waals surface area contributed by atoms with Gasteiger partial charge >= 0.3 is 0 Å². The van der Waals surface area contributed by atoms with E-state index in [2.05, 4.69) is 4.98 Å². The second kappa shape index (κ2) is 4.54. The van der Waals surface area contributed by atoms with E-state index in [4.69, 9.17) is 0 Å². The Hall–Kier alpha value is -1.44. The van der Waals surface area contributed by atoms with Gasteiger partial charge in [0.1, 0.15) is 4.83 Å². The molecule has 0 aromatic carbocycles. The van der Waals surface area contributed by atoms with Crippen LogP contribution in [0.5, 0.6) is 0 Å². The first-order valence-electron chi connectivity index (χ1n) is 6.55. The number of rotatable bonds is 2. The lowest BCUT2D eigenvalue weighted by Gasteiger charge is -2.22. The highest BCUT2D eigenvalue weighted by Gasteiger charge is 2.30. The Morgan fingerprint density at radius 3 is 3.30 bits per heavy atom. The van der Waals surface area contributed by atoms with Crippen LogP contribution in [0.25, 0.3) is 15.3 Å². The fraction of sp³-hybridized carbons (Fsp3) is 0.385. The summed E-state index contributed by atoms with van der Waals surface area (Å²) >= 11 is 3.03. The maximum absolute atomic E-state index is 12.5. The summed E-state index contributed by atoms with van der Waals surface area (Å²) in [5.41, 5.74) is 0.995. The number of hydrogen-bond donors (Lipinski definition) is 1. The molecule has 104 valence electrons. The van der Waals surface area contributed by atoms with Gasteiger partial charge in [-0.05, 0) is 18.9 Å². The molecule has 0 bridgehead atoms. The Labute approximate surface area is 123 Å². The molecule has 1 saturated heterocycles. The molecule has 0 saturated carbocycles. The van der Waals surface area contributed by atoms with Crippen molar-refractivity contribution in [1.82, 2.24) is 14.3 Å². The topological polar surface area (TPSA) is 57.8 Å². The number of aromatic nitrogens is 2. The van der Waals surface area contributed by atoms with Crippen LogP contribution in [0, 0.1) is 0 Å². The molecule has 4 heterocycles. The monoisotopic (exact) mass is 307 g/mol. The summed E-state index contributed by atoms with van der Waals surface area (Å²) in [5.74, 6) is 0.0218. The van der Waals surface area contributed by atoms with Gasteiger partial charge in [0, 0.05) is 18.1 Å². The number of hydrogen-bond acceptors (Lipinski definition) is 5. The van der Waals surface area contributed by atoms with Crippen LogP contribution >= 0.6 is 22.7 Å². The number of carbonyl (C=O) groups is 1. The minimum Gasteiger partial charge on any atom is -0.394 e. The quantitative estimate of drug-likeness (QED) is 0.789. The second-order valence-electron chi connectivity index (χ2n) is 4.95. The third-order valence-electron chi connectivity index (χ3n) is 3.80. The second-order valence-corrected chi connectivity index (χ2v) is 6.85. The SMILES string of the molecule is O=C(c1cc2c(nc3sccn32)s1)N1CCC[C@H]1CO. The van der Waals surface area contributed by atoms with Crippen LogP contribution in [0.3, 0.4) is 0 Å². The molecule has 3 aromatic rings. The molecule has 20 heavy (non-hydrogen) atoms. The molecule has 1 N–H and O–H groups in total. The van der Waals surface area contributed by atoms with E-state index >= 15 is 0 Å². The van der Waals surface area contributed by atoms with Crippen molar-refractivity contribution in [2.45, 2.75) is 18.9 Å². The number of fused-ring (bicyclic) bond motifs is 3. The molecule has 1 aliphatic rings. The Kier molecular flexibility index (Phi) is 2.80. The van der Waals surface area contributed by atoms with Crippen molar-refractivity contribution in [3.05, 3.63) is 22.5 Å². The third-order valence-corrected chi connectivity index (χ3v) is 5.56. The van der Waals surface area contributed by atoms with Crippen molar-refractivity contribution >= 4 is 43.9 Å². The standard InChI is InChI=1S/C13H13N3O2S2/c17-7-8-2-1-3-15(8)12(18)10-6-9-11(20-10)14-13-16(9)4-5-19-13/h4-6,8,17H,1-3,7H2/t8-/m0/s1. The van der Waals surface area contributed by atoms with Crippen LogP contribution in [0.1, 0.15) is 22.5 Å². The van der Waals surface area contributed by atoms with Crippen LogP contribution in [-0.4, -0.2) is 44.5 Å². The zero-order valence-electron chi connectivity index (χ0n) is 10.7. The summed E-state index contributed by atoms with van der Waals surface area (Å²) in [4.78, 5) is 21.4. The van der Waals surface area contributed by atoms with Gasteiger partial charge in [0.25, 0.3) is 5.91 Å². The number of aliphatic hydroxyl groups excluding tert-OH is 1. The number of thiazole rings is 1. The highest BCUT2D eigenvalue weighted by atomic mass is 32.1. The molecular weight excluding hydrogens is 294 g/mol. The maximum Gasteiger partial charge on any atom is 0.264 e.